The summed E-state index contributed by atoms with van der Waals surface area (Å²) in [5.74, 6) is -1.65. The molecule has 1 aromatic carbocycles. The lowest BCUT2D eigenvalue weighted by Gasteiger charge is -1.89. The van der Waals surface area contributed by atoms with Crippen molar-refractivity contribution in [2.75, 3.05) is 0 Å². The van der Waals surface area contributed by atoms with E-state index >= 15 is 0 Å². The molecule has 1 aromatic heterocycles. The number of hydrogen-bond donors (Lipinski definition) is 1. The van der Waals surface area contributed by atoms with Gasteiger partial charge < -0.3 is 0 Å². The molecule has 0 amide bonds. The Kier molecular flexibility index (Phi) is 1.36. The first-order valence-corrected chi connectivity index (χ1v) is 3.51. The minimum Gasteiger partial charge on any atom is -0.204 e. The highest BCUT2D eigenvalue weighted by molar-refractivity contribution is 5.77. The summed E-state index contributed by atoms with van der Waals surface area (Å²) in [6.07, 6.45) is 1.69. The second kappa shape index (κ2) is 2.27. The summed E-state index contributed by atoms with van der Waals surface area (Å²) >= 11 is 0. The Morgan fingerprint density at radius 3 is 2.83 bits per heavy atom. The van der Waals surface area contributed by atoms with Gasteiger partial charge in [0.1, 0.15) is 5.52 Å². The molecule has 2 nitrogen and oxygen atoms in total. The van der Waals surface area contributed by atoms with Gasteiger partial charge >= 0.3 is 0 Å². The van der Waals surface area contributed by atoms with Gasteiger partial charge in [0.15, 0.2) is 18.7 Å². The Morgan fingerprint density at radius 1 is 1.33 bits per heavy atom. The smallest absolute Gasteiger partial charge is 0.203 e. The van der Waals surface area contributed by atoms with Crippen LogP contribution >= 0.6 is 0 Å². The molecule has 0 bridgehead atoms. The Bertz CT molecular complexity index is 434. The molecule has 0 spiro atoms. The highest BCUT2D eigenvalue weighted by atomic mass is 19.2. The van der Waals surface area contributed by atoms with E-state index in [-0.39, 0.29) is 5.52 Å². The van der Waals surface area contributed by atoms with Crippen molar-refractivity contribution in [1.29, 1.82) is 0 Å². The van der Waals surface area contributed by atoms with E-state index in [4.69, 9.17) is 0 Å². The van der Waals surface area contributed by atoms with E-state index in [1.807, 2.05) is 0 Å². The summed E-state index contributed by atoms with van der Waals surface area (Å²) in [5.41, 5.74) is 0.206. The van der Waals surface area contributed by atoms with Crippen LogP contribution in [0.2, 0.25) is 0 Å². The van der Waals surface area contributed by atoms with Gasteiger partial charge in [0, 0.05) is 0 Å². The van der Waals surface area contributed by atoms with Crippen molar-refractivity contribution in [3.8, 4) is 0 Å². The van der Waals surface area contributed by atoms with Crippen LogP contribution in [-0.4, -0.2) is 5.10 Å². The highest BCUT2D eigenvalue weighted by Crippen LogP contribution is 2.15. The van der Waals surface area contributed by atoms with Crippen molar-refractivity contribution in [1.82, 2.24) is 5.10 Å². The molecule has 1 N–H and O–H groups in total. The van der Waals surface area contributed by atoms with Crippen molar-refractivity contribution >= 4 is 10.9 Å². The molecule has 2 aromatic rings. The first-order chi connectivity index (χ1) is 5.68. The lowest BCUT2D eigenvalue weighted by molar-refractivity contribution is -0.724. The summed E-state index contributed by atoms with van der Waals surface area (Å²) in [5, 5.41) is 3.33. The molecule has 0 aliphatic heterocycles. The largest absolute Gasteiger partial charge is 0.204 e. The Balaban J connectivity index is 2.89. The normalized spacial score (nSPS) is 10.9. The van der Waals surface area contributed by atoms with E-state index in [2.05, 4.69) is 5.10 Å². The number of halogens is 2. The van der Waals surface area contributed by atoms with E-state index in [0.29, 0.717) is 5.39 Å². The van der Waals surface area contributed by atoms with Crippen molar-refractivity contribution in [3.05, 3.63) is 30.0 Å². The van der Waals surface area contributed by atoms with Crippen molar-refractivity contribution in [2.45, 2.75) is 0 Å². The van der Waals surface area contributed by atoms with Crippen LogP contribution in [0.5, 0.6) is 0 Å². The first kappa shape index (κ1) is 7.21. The third kappa shape index (κ3) is 0.879. The van der Waals surface area contributed by atoms with E-state index in [1.54, 1.807) is 17.9 Å². The lowest BCUT2D eigenvalue weighted by atomic mass is 10.2. The number of rotatable bonds is 0. The van der Waals surface area contributed by atoms with Gasteiger partial charge in [-0.1, -0.05) is 0 Å². The van der Waals surface area contributed by atoms with E-state index < -0.39 is 11.6 Å². The van der Waals surface area contributed by atoms with Gasteiger partial charge in [0.25, 0.3) is 0 Å². The maximum absolute atomic E-state index is 13.0. The van der Waals surface area contributed by atoms with Gasteiger partial charge in [-0.2, -0.15) is 5.10 Å². The third-order valence-electron chi connectivity index (χ3n) is 1.75. The topological polar surface area (TPSA) is 19.7 Å². The van der Waals surface area contributed by atoms with Gasteiger partial charge in [-0.25, -0.2) is 8.78 Å². The summed E-state index contributed by atoms with van der Waals surface area (Å²) in [6.45, 7) is 0. The molecule has 1 heterocycles. The molecule has 2 rings (SSSR count). The van der Waals surface area contributed by atoms with Crippen molar-refractivity contribution in [3.63, 3.8) is 0 Å². The monoisotopic (exact) mass is 169 g/mol. The van der Waals surface area contributed by atoms with Crippen LogP contribution in [0.3, 0.4) is 0 Å². The molecule has 0 saturated carbocycles. The van der Waals surface area contributed by atoms with Crippen LogP contribution in [0.25, 0.3) is 10.9 Å². The summed E-state index contributed by atoms with van der Waals surface area (Å²) in [4.78, 5) is 0. The molecule has 0 aliphatic carbocycles. The molecular formula is C8H7F2N2+. The zero-order valence-electron chi connectivity index (χ0n) is 6.44. The van der Waals surface area contributed by atoms with Gasteiger partial charge in [-0.05, 0) is 12.1 Å². The number of aromatic nitrogens is 2. The third-order valence-corrected chi connectivity index (χ3v) is 1.75. The zero-order chi connectivity index (χ0) is 8.72. The van der Waals surface area contributed by atoms with Crippen LogP contribution < -0.4 is 4.68 Å². The molecule has 12 heavy (non-hydrogen) atoms. The minimum absolute atomic E-state index is 0.206. The molecule has 0 radical (unpaired) electrons. The predicted molar refractivity (Wildman–Crippen MR) is 39.4 cm³/mol. The van der Waals surface area contributed by atoms with Gasteiger partial charge in [0.2, 0.25) is 6.20 Å². The van der Waals surface area contributed by atoms with Crippen molar-refractivity contribution < 1.29 is 13.5 Å². The number of aryl methyl sites for hydroxylation is 1. The highest BCUT2D eigenvalue weighted by Gasteiger charge is 2.11. The number of hydrogen-bond acceptors (Lipinski definition) is 0. The molecule has 0 atom stereocenters. The molecule has 4 heteroatoms. The molecule has 0 fully saturated rings. The van der Waals surface area contributed by atoms with Crippen LogP contribution in [-0.2, 0) is 7.05 Å². The zero-order valence-corrected chi connectivity index (χ0v) is 6.44. The second-order valence-electron chi connectivity index (χ2n) is 2.68. The van der Waals surface area contributed by atoms with Gasteiger partial charge in [-0.15, -0.1) is 4.68 Å². The van der Waals surface area contributed by atoms with E-state index in [9.17, 15) is 8.78 Å². The Hall–Kier alpha value is -1.45. The fourth-order valence-corrected chi connectivity index (χ4v) is 1.20. The summed E-state index contributed by atoms with van der Waals surface area (Å²) < 4.78 is 27.2. The standard InChI is InChI=1S/C8H6F2N2/c1-12-4-5-2-3-6(9)7(10)8(5)11-12/h2-4H,1H3/p+1. The number of H-pyrrole nitrogens is 1. The fraction of sp³-hybridized carbons (Fsp3) is 0.125. The minimum atomic E-state index is -0.829. The maximum Gasteiger partial charge on any atom is 0.203 e. The maximum atomic E-state index is 13.0. The van der Waals surface area contributed by atoms with Crippen LogP contribution in [0.1, 0.15) is 0 Å². The predicted octanol–water partition coefficient (Wildman–Crippen LogP) is 1.27. The average molecular weight is 169 g/mol. The number of benzene rings is 1. The molecular weight excluding hydrogens is 162 g/mol. The van der Waals surface area contributed by atoms with E-state index in [1.165, 1.54) is 6.07 Å². The second-order valence-corrected chi connectivity index (χ2v) is 2.68. The van der Waals surface area contributed by atoms with Crippen molar-refractivity contribution in [2.24, 2.45) is 7.05 Å². The number of fused-ring (bicyclic) bond motifs is 1. The number of nitrogens with zero attached hydrogens (tertiary/aromatic N) is 1. The van der Waals surface area contributed by atoms with E-state index in [0.717, 1.165) is 6.07 Å². The van der Waals surface area contributed by atoms with Gasteiger partial charge in [0.05, 0.1) is 5.39 Å². The number of aromatic amines is 1. The molecule has 0 aliphatic rings. The van der Waals surface area contributed by atoms with Crippen LogP contribution in [0.4, 0.5) is 8.78 Å². The quantitative estimate of drug-likeness (QED) is 0.573. The molecule has 0 saturated heterocycles. The summed E-state index contributed by atoms with van der Waals surface area (Å²) in [6, 6.07) is 2.65. The Morgan fingerprint density at radius 2 is 2.08 bits per heavy atom. The first-order valence-electron chi connectivity index (χ1n) is 3.51. The number of nitrogens with one attached hydrogen (secondary N) is 1. The fourth-order valence-electron chi connectivity index (χ4n) is 1.20. The van der Waals surface area contributed by atoms with Gasteiger partial charge in [-0.3, -0.25) is 0 Å². The molecule has 62 valence electrons. The SMILES string of the molecule is C[n+]1cc2ccc(F)c(F)c2[nH]1. The Labute approximate surface area is 67.4 Å². The van der Waals surface area contributed by atoms with Crippen LogP contribution in [0, 0.1) is 11.6 Å². The lowest BCUT2D eigenvalue weighted by Crippen LogP contribution is -2.28. The average Bonchev–Trinajstić information content (AvgIpc) is 2.39. The van der Waals surface area contributed by atoms with Crippen LogP contribution in [0.15, 0.2) is 18.3 Å². The molecule has 0 unspecified atom stereocenters. The summed E-state index contributed by atoms with van der Waals surface area (Å²) in [7, 11) is 1.72.